The molecule has 0 aromatic carbocycles. The first-order valence-electron chi connectivity index (χ1n) is 5.81. The predicted molar refractivity (Wildman–Crippen MR) is 69.4 cm³/mol. The summed E-state index contributed by atoms with van der Waals surface area (Å²) in [7, 11) is 0. The van der Waals surface area contributed by atoms with Crippen LogP contribution in [0, 0.1) is 5.92 Å². The molecule has 0 saturated heterocycles. The lowest BCUT2D eigenvalue weighted by Crippen LogP contribution is -1.95. The smallest absolute Gasteiger partial charge is 0.232 e. The lowest BCUT2D eigenvalue weighted by atomic mass is 10.2. The molecule has 5 nitrogen and oxygen atoms in total. The SMILES string of the molecule is Cl.Nc1ccc(Cc2nc(CC3CC3)no2)nc1. The van der Waals surface area contributed by atoms with Crippen molar-refractivity contribution in [3.63, 3.8) is 0 Å². The minimum absolute atomic E-state index is 0. The van der Waals surface area contributed by atoms with Crippen molar-refractivity contribution in [2.75, 3.05) is 5.73 Å². The summed E-state index contributed by atoms with van der Waals surface area (Å²) in [4.78, 5) is 8.56. The Balaban J connectivity index is 0.00000120. The molecule has 1 saturated carbocycles. The zero-order valence-corrected chi connectivity index (χ0v) is 10.7. The maximum absolute atomic E-state index is 5.57. The lowest BCUT2D eigenvalue weighted by Gasteiger charge is -1.96. The quantitative estimate of drug-likeness (QED) is 0.916. The van der Waals surface area contributed by atoms with Gasteiger partial charge in [-0.3, -0.25) is 4.98 Å². The molecule has 0 amide bonds. The number of halogens is 1. The third-order valence-electron chi connectivity index (χ3n) is 2.86. The van der Waals surface area contributed by atoms with Gasteiger partial charge in [-0.05, 0) is 30.9 Å². The van der Waals surface area contributed by atoms with Crippen molar-refractivity contribution >= 4 is 18.1 Å². The van der Waals surface area contributed by atoms with E-state index in [-0.39, 0.29) is 12.4 Å². The van der Waals surface area contributed by atoms with Crippen LogP contribution in [-0.2, 0) is 12.8 Å². The number of anilines is 1. The van der Waals surface area contributed by atoms with Gasteiger partial charge in [0.05, 0.1) is 18.3 Å². The van der Waals surface area contributed by atoms with E-state index >= 15 is 0 Å². The molecule has 0 unspecified atom stereocenters. The number of nitrogens with zero attached hydrogens (tertiary/aromatic N) is 3. The third-order valence-corrected chi connectivity index (χ3v) is 2.86. The van der Waals surface area contributed by atoms with Crippen LogP contribution in [0.1, 0.15) is 30.3 Å². The summed E-state index contributed by atoms with van der Waals surface area (Å²) in [5.74, 6) is 2.21. The van der Waals surface area contributed by atoms with Gasteiger partial charge < -0.3 is 10.3 Å². The van der Waals surface area contributed by atoms with E-state index in [4.69, 9.17) is 10.3 Å². The molecule has 2 N–H and O–H groups in total. The first kappa shape index (κ1) is 12.8. The van der Waals surface area contributed by atoms with E-state index in [9.17, 15) is 0 Å². The summed E-state index contributed by atoms with van der Waals surface area (Å²) in [6.45, 7) is 0. The van der Waals surface area contributed by atoms with Gasteiger partial charge in [-0.1, -0.05) is 5.16 Å². The molecule has 1 aliphatic carbocycles. The van der Waals surface area contributed by atoms with Crippen LogP contribution in [0.3, 0.4) is 0 Å². The first-order valence-corrected chi connectivity index (χ1v) is 5.81. The number of aromatic nitrogens is 3. The van der Waals surface area contributed by atoms with E-state index in [2.05, 4.69) is 15.1 Å². The molecule has 0 aliphatic heterocycles. The average Bonchev–Trinajstić information content (AvgIpc) is 3.02. The second-order valence-electron chi connectivity index (χ2n) is 4.51. The Labute approximate surface area is 111 Å². The second-order valence-corrected chi connectivity index (χ2v) is 4.51. The summed E-state index contributed by atoms with van der Waals surface area (Å²) < 4.78 is 5.20. The van der Waals surface area contributed by atoms with Crippen molar-refractivity contribution in [2.24, 2.45) is 5.92 Å². The highest BCUT2D eigenvalue weighted by molar-refractivity contribution is 5.85. The highest BCUT2D eigenvalue weighted by Crippen LogP contribution is 2.31. The Kier molecular flexibility index (Phi) is 3.81. The minimum Gasteiger partial charge on any atom is -0.397 e. The van der Waals surface area contributed by atoms with E-state index < -0.39 is 0 Å². The number of nitrogen functional groups attached to an aromatic ring is 1. The van der Waals surface area contributed by atoms with Crippen molar-refractivity contribution in [1.29, 1.82) is 0 Å². The fourth-order valence-electron chi connectivity index (χ4n) is 1.72. The minimum atomic E-state index is 0. The van der Waals surface area contributed by atoms with E-state index in [0.717, 1.165) is 23.9 Å². The zero-order valence-electron chi connectivity index (χ0n) is 9.87. The summed E-state index contributed by atoms with van der Waals surface area (Å²) >= 11 is 0. The fourth-order valence-corrected chi connectivity index (χ4v) is 1.72. The van der Waals surface area contributed by atoms with Crippen LogP contribution in [0.2, 0.25) is 0 Å². The molecule has 1 aliphatic rings. The Bertz CT molecular complexity index is 507. The number of pyridine rings is 1. The number of nitrogens with two attached hydrogens (primary N) is 1. The molecule has 2 aromatic rings. The zero-order chi connectivity index (χ0) is 11.7. The second kappa shape index (κ2) is 5.35. The normalized spacial score (nSPS) is 14.2. The van der Waals surface area contributed by atoms with Crippen molar-refractivity contribution in [3.05, 3.63) is 35.7 Å². The van der Waals surface area contributed by atoms with Crippen LogP contribution < -0.4 is 5.73 Å². The third kappa shape index (κ3) is 3.20. The molecular weight excluding hydrogens is 252 g/mol. The highest BCUT2D eigenvalue weighted by Gasteiger charge is 2.24. The van der Waals surface area contributed by atoms with Gasteiger partial charge in [-0.25, -0.2) is 0 Å². The summed E-state index contributed by atoms with van der Waals surface area (Å²) in [5.41, 5.74) is 7.12. The molecular formula is C12H15ClN4O. The lowest BCUT2D eigenvalue weighted by molar-refractivity contribution is 0.377. The van der Waals surface area contributed by atoms with Crippen LogP contribution in [0.5, 0.6) is 0 Å². The maximum atomic E-state index is 5.57. The summed E-state index contributed by atoms with van der Waals surface area (Å²) in [6, 6.07) is 3.70. The molecule has 0 spiro atoms. The standard InChI is InChI=1S/C12H14N4O.ClH/c13-9-3-4-10(14-7-9)6-12-15-11(16-17-12)5-8-1-2-8;/h3-4,7-8H,1-2,5-6,13H2;1H. The van der Waals surface area contributed by atoms with Crippen molar-refractivity contribution in [1.82, 2.24) is 15.1 Å². The van der Waals surface area contributed by atoms with Crippen molar-refractivity contribution < 1.29 is 4.52 Å². The Morgan fingerprint density at radius 3 is 2.83 bits per heavy atom. The maximum Gasteiger partial charge on any atom is 0.232 e. The van der Waals surface area contributed by atoms with Gasteiger partial charge >= 0.3 is 0 Å². The molecule has 6 heteroatoms. The van der Waals surface area contributed by atoms with Crippen LogP contribution in [0.4, 0.5) is 5.69 Å². The molecule has 3 rings (SSSR count). The molecule has 0 radical (unpaired) electrons. The van der Waals surface area contributed by atoms with E-state index in [0.29, 0.717) is 18.0 Å². The van der Waals surface area contributed by atoms with E-state index in [1.165, 1.54) is 12.8 Å². The molecule has 96 valence electrons. The molecule has 1 fully saturated rings. The Morgan fingerprint density at radius 2 is 2.17 bits per heavy atom. The fraction of sp³-hybridized carbons (Fsp3) is 0.417. The summed E-state index contributed by atoms with van der Waals surface area (Å²) in [6.07, 6.45) is 5.74. The number of rotatable bonds is 4. The van der Waals surface area contributed by atoms with Crippen LogP contribution in [0.15, 0.2) is 22.9 Å². The van der Waals surface area contributed by atoms with E-state index in [1.54, 1.807) is 6.20 Å². The van der Waals surface area contributed by atoms with Gasteiger partial charge in [-0.2, -0.15) is 4.98 Å². The Morgan fingerprint density at radius 1 is 1.33 bits per heavy atom. The van der Waals surface area contributed by atoms with Crippen LogP contribution >= 0.6 is 12.4 Å². The van der Waals surface area contributed by atoms with Gasteiger partial charge in [0.15, 0.2) is 5.82 Å². The van der Waals surface area contributed by atoms with Gasteiger partial charge in [0.25, 0.3) is 0 Å². The van der Waals surface area contributed by atoms with Gasteiger partial charge in [0, 0.05) is 12.1 Å². The number of hydrogen-bond acceptors (Lipinski definition) is 5. The topological polar surface area (TPSA) is 77.8 Å². The van der Waals surface area contributed by atoms with Crippen LogP contribution in [0.25, 0.3) is 0 Å². The first-order chi connectivity index (χ1) is 8.29. The summed E-state index contributed by atoms with van der Waals surface area (Å²) in [5, 5.41) is 3.97. The average molecular weight is 267 g/mol. The van der Waals surface area contributed by atoms with Crippen molar-refractivity contribution in [3.8, 4) is 0 Å². The van der Waals surface area contributed by atoms with Gasteiger partial charge in [-0.15, -0.1) is 12.4 Å². The van der Waals surface area contributed by atoms with Crippen LogP contribution in [-0.4, -0.2) is 15.1 Å². The van der Waals surface area contributed by atoms with Crippen molar-refractivity contribution in [2.45, 2.75) is 25.7 Å². The highest BCUT2D eigenvalue weighted by atomic mass is 35.5. The number of hydrogen-bond donors (Lipinski definition) is 1. The molecule has 0 bridgehead atoms. The van der Waals surface area contributed by atoms with Gasteiger partial charge in [0.1, 0.15) is 0 Å². The molecule has 2 heterocycles. The molecule has 18 heavy (non-hydrogen) atoms. The van der Waals surface area contributed by atoms with Gasteiger partial charge in [0.2, 0.25) is 5.89 Å². The largest absolute Gasteiger partial charge is 0.397 e. The molecule has 2 aromatic heterocycles. The Hall–Kier alpha value is -1.62. The molecule has 0 atom stereocenters. The van der Waals surface area contributed by atoms with E-state index in [1.807, 2.05) is 12.1 Å². The predicted octanol–water partition coefficient (Wildman–Crippen LogP) is 2.01. The monoisotopic (exact) mass is 266 g/mol.